The highest BCUT2D eigenvalue weighted by Gasteiger charge is 2.43. The fourth-order valence-electron chi connectivity index (χ4n) is 2.11. The van der Waals surface area contributed by atoms with E-state index in [2.05, 4.69) is 5.32 Å². The van der Waals surface area contributed by atoms with Gasteiger partial charge in [-0.05, 0) is 30.9 Å². The number of aliphatic carboxylic acids is 1. The van der Waals surface area contributed by atoms with Gasteiger partial charge in [0, 0.05) is 12.6 Å². The molecule has 1 aliphatic rings. The van der Waals surface area contributed by atoms with E-state index in [1.807, 2.05) is 0 Å². The smallest absolute Gasteiger partial charge is 0.323 e. The summed E-state index contributed by atoms with van der Waals surface area (Å²) in [5, 5.41) is 22.6. The van der Waals surface area contributed by atoms with Crippen molar-refractivity contribution in [1.29, 1.82) is 0 Å². The van der Waals surface area contributed by atoms with Crippen LogP contribution in [0.5, 0.6) is 0 Å². The molecule has 0 bridgehead atoms. The second kappa shape index (κ2) is 4.93. The van der Waals surface area contributed by atoms with Gasteiger partial charge in [0.05, 0.1) is 11.0 Å². The highest BCUT2D eigenvalue weighted by atomic mass is 19.1. The molecule has 19 heavy (non-hydrogen) atoms. The van der Waals surface area contributed by atoms with Crippen LogP contribution in [0.1, 0.15) is 24.8 Å². The number of nitrogens with one attached hydrogen (secondary N) is 1. The van der Waals surface area contributed by atoms with Crippen LogP contribution in [-0.2, 0) is 11.3 Å². The van der Waals surface area contributed by atoms with Crippen molar-refractivity contribution in [2.75, 3.05) is 0 Å². The van der Waals surface area contributed by atoms with Crippen LogP contribution in [0.25, 0.3) is 0 Å². The van der Waals surface area contributed by atoms with Gasteiger partial charge in [0.15, 0.2) is 0 Å². The Balaban J connectivity index is 2.11. The zero-order valence-electron chi connectivity index (χ0n) is 10.1. The lowest BCUT2D eigenvalue weighted by Gasteiger charge is -2.38. The normalized spacial score (nSPS) is 16.7. The van der Waals surface area contributed by atoms with Gasteiger partial charge in [0.2, 0.25) is 0 Å². The average molecular weight is 268 g/mol. The maximum atomic E-state index is 13.2. The topological polar surface area (TPSA) is 92.5 Å². The van der Waals surface area contributed by atoms with Crippen molar-refractivity contribution in [3.05, 3.63) is 39.7 Å². The molecule has 0 saturated heterocycles. The van der Waals surface area contributed by atoms with Crippen molar-refractivity contribution >= 4 is 11.7 Å². The lowest BCUT2D eigenvalue weighted by Crippen LogP contribution is -2.56. The third-order valence-corrected chi connectivity index (χ3v) is 3.40. The number of benzene rings is 1. The van der Waals surface area contributed by atoms with E-state index in [9.17, 15) is 19.3 Å². The van der Waals surface area contributed by atoms with Crippen LogP contribution in [0.2, 0.25) is 0 Å². The molecule has 0 radical (unpaired) electrons. The zero-order valence-corrected chi connectivity index (χ0v) is 10.1. The molecular weight excluding hydrogens is 255 g/mol. The predicted molar refractivity (Wildman–Crippen MR) is 64.1 cm³/mol. The number of hydrogen-bond acceptors (Lipinski definition) is 4. The molecule has 7 heteroatoms. The largest absolute Gasteiger partial charge is 0.480 e. The first kappa shape index (κ1) is 13.4. The summed E-state index contributed by atoms with van der Waals surface area (Å²) in [7, 11) is 0. The summed E-state index contributed by atoms with van der Waals surface area (Å²) in [6.07, 6.45) is 1.85. The molecule has 0 atom stereocenters. The minimum absolute atomic E-state index is 0.0882. The summed E-state index contributed by atoms with van der Waals surface area (Å²) in [4.78, 5) is 21.1. The molecule has 0 aliphatic heterocycles. The Hall–Kier alpha value is -2.02. The van der Waals surface area contributed by atoms with Crippen LogP contribution in [0.15, 0.2) is 18.2 Å². The van der Waals surface area contributed by atoms with E-state index >= 15 is 0 Å². The fraction of sp³-hybridized carbons (Fsp3) is 0.417. The Labute approximate surface area is 108 Å². The minimum atomic E-state index is -0.971. The zero-order chi connectivity index (χ0) is 14.0. The molecule has 0 unspecified atom stereocenters. The second-order valence-corrected chi connectivity index (χ2v) is 4.67. The predicted octanol–water partition coefficient (Wildman–Crippen LogP) is 1.83. The molecule has 0 spiro atoms. The van der Waals surface area contributed by atoms with E-state index in [0.717, 1.165) is 18.6 Å². The van der Waals surface area contributed by atoms with Gasteiger partial charge in [-0.2, -0.15) is 0 Å². The van der Waals surface area contributed by atoms with Crippen molar-refractivity contribution in [3.63, 3.8) is 0 Å². The Kier molecular flexibility index (Phi) is 3.48. The van der Waals surface area contributed by atoms with Gasteiger partial charge >= 0.3 is 5.97 Å². The van der Waals surface area contributed by atoms with Crippen molar-refractivity contribution in [3.8, 4) is 0 Å². The molecule has 0 aromatic heterocycles. The summed E-state index contributed by atoms with van der Waals surface area (Å²) in [6, 6.07) is 3.23. The first-order chi connectivity index (χ1) is 8.93. The molecule has 1 aliphatic carbocycles. The van der Waals surface area contributed by atoms with Gasteiger partial charge in [-0.1, -0.05) is 0 Å². The molecule has 1 aromatic carbocycles. The molecule has 1 fully saturated rings. The van der Waals surface area contributed by atoms with Crippen LogP contribution < -0.4 is 5.32 Å². The number of non-ortho nitro benzene ring substituents is 1. The second-order valence-electron chi connectivity index (χ2n) is 4.67. The number of nitro benzene ring substituents is 1. The molecule has 6 nitrogen and oxygen atoms in total. The van der Waals surface area contributed by atoms with Gasteiger partial charge in [0.1, 0.15) is 11.4 Å². The highest BCUT2D eigenvalue weighted by Crippen LogP contribution is 2.32. The standard InChI is InChI=1S/C12H13FN2O4/c13-9-4-8(5-10(6-9)15(18)19)7-14-12(11(16)17)2-1-3-12/h4-6,14H,1-3,7H2,(H,16,17). The third-order valence-electron chi connectivity index (χ3n) is 3.40. The van der Waals surface area contributed by atoms with Crippen LogP contribution in [0.4, 0.5) is 10.1 Å². The number of nitrogens with zero attached hydrogens (tertiary/aromatic N) is 1. The summed E-state index contributed by atoms with van der Waals surface area (Å²) in [5.41, 5.74) is -0.949. The molecule has 1 saturated carbocycles. The van der Waals surface area contributed by atoms with Crippen molar-refractivity contribution in [2.24, 2.45) is 0 Å². The quantitative estimate of drug-likeness (QED) is 0.627. The van der Waals surface area contributed by atoms with E-state index in [-0.39, 0.29) is 12.2 Å². The fourth-order valence-corrected chi connectivity index (χ4v) is 2.11. The van der Waals surface area contributed by atoms with Crippen molar-refractivity contribution in [1.82, 2.24) is 5.32 Å². The number of nitro groups is 1. The number of hydrogen-bond donors (Lipinski definition) is 2. The van der Waals surface area contributed by atoms with Crippen LogP contribution in [0, 0.1) is 15.9 Å². The van der Waals surface area contributed by atoms with Crippen molar-refractivity contribution in [2.45, 2.75) is 31.3 Å². The molecule has 0 heterocycles. The van der Waals surface area contributed by atoms with Crippen LogP contribution >= 0.6 is 0 Å². The van der Waals surface area contributed by atoms with Gasteiger partial charge in [0.25, 0.3) is 5.69 Å². The van der Waals surface area contributed by atoms with E-state index < -0.39 is 22.2 Å². The van der Waals surface area contributed by atoms with Gasteiger partial charge in [-0.25, -0.2) is 4.39 Å². The number of carboxylic acid groups (broad SMARTS) is 1. The van der Waals surface area contributed by atoms with E-state index in [4.69, 9.17) is 5.11 Å². The molecule has 2 rings (SSSR count). The number of rotatable bonds is 5. The van der Waals surface area contributed by atoms with E-state index in [1.54, 1.807) is 0 Å². The lowest BCUT2D eigenvalue weighted by atomic mass is 9.76. The van der Waals surface area contributed by atoms with Gasteiger partial charge in [-0.3, -0.25) is 20.2 Å². The van der Waals surface area contributed by atoms with Crippen LogP contribution in [-0.4, -0.2) is 21.5 Å². The lowest BCUT2D eigenvalue weighted by molar-refractivity contribution is -0.385. The Morgan fingerprint density at radius 2 is 2.16 bits per heavy atom. The number of carboxylic acids is 1. The summed E-state index contributed by atoms with van der Waals surface area (Å²) in [5.74, 6) is -1.64. The summed E-state index contributed by atoms with van der Waals surface area (Å²) >= 11 is 0. The highest BCUT2D eigenvalue weighted by molar-refractivity contribution is 5.79. The van der Waals surface area contributed by atoms with E-state index in [1.165, 1.54) is 6.07 Å². The molecule has 1 aromatic rings. The number of halogens is 1. The minimum Gasteiger partial charge on any atom is -0.480 e. The van der Waals surface area contributed by atoms with Gasteiger partial charge in [-0.15, -0.1) is 0 Å². The molecule has 2 N–H and O–H groups in total. The first-order valence-electron chi connectivity index (χ1n) is 5.85. The van der Waals surface area contributed by atoms with Crippen molar-refractivity contribution < 1.29 is 19.2 Å². The van der Waals surface area contributed by atoms with Crippen LogP contribution in [0.3, 0.4) is 0 Å². The average Bonchev–Trinajstić information content (AvgIpc) is 2.26. The monoisotopic (exact) mass is 268 g/mol. The molecule has 102 valence electrons. The maximum absolute atomic E-state index is 13.2. The molecular formula is C12H13FN2O4. The molecule has 0 amide bonds. The Morgan fingerprint density at radius 3 is 2.63 bits per heavy atom. The summed E-state index contributed by atoms with van der Waals surface area (Å²) < 4.78 is 13.2. The Morgan fingerprint density at radius 1 is 1.47 bits per heavy atom. The number of carbonyl (C=O) groups is 1. The van der Waals surface area contributed by atoms with Gasteiger partial charge < -0.3 is 5.11 Å². The third kappa shape index (κ3) is 2.70. The Bertz CT molecular complexity index is 528. The SMILES string of the molecule is O=C(O)C1(NCc2cc(F)cc([N+](=O)[O-])c2)CCC1. The van der Waals surface area contributed by atoms with E-state index in [0.29, 0.717) is 18.4 Å². The maximum Gasteiger partial charge on any atom is 0.323 e. The summed E-state index contributed by atoms with van der Waals surface area (Å²) in [6.45, 7) is 0.0882. The first-order valence-corrected chi connectivity index (χ1v) is 5.85.